The van der Waals surface area contributed by atoms with Crippen LogP contribution in [0.3, 0.4) is 0 Å². The molecule has 1 aromatic heterocycles. The second-order valence-electron chi connectivity index (χ2n) is 5.49. The third-order valence-corrected chi connectivity index (χ3v) is 3.22. The fraction of sp³-hybridized carbons (Fsp3) is 0.400. The Bertz CT molecular complexity index is 544. The molecule has 3 heteroatoms. The molecule has 1 heterocycles. The quantitative estimate of drug-likeness (QED) is 0.794. The van der Waals surface area contributed by atoms with E-state index in [1.54, 1.807) is 0 Å². The molecule has 96 valence electrons. The molecular formula is C15H20N2O. The zero-order chi connectivity index (χ0) is 13.2. The average Bonchev–Trinajstić information content (AvgIpc) is 2.72. The SMILES string of the molecule is CC(C)C[C@@](N)(C=O)Cc1c[nH]c2ccccc12. The number of carbonyl (C=O) groups is 1. The third kappa shape index (κ3) is 2.62. The van der Waals surface area contributed by atoms with Gasteiger partial charge in [-0.25, -0.2) is 0 Å². The lowest BCUT2D eigenvalue weighted by atomic mass is 9.85. The Morgan fingerprint density at radius 1 is 1.39 bits per heavy atom. The molecule has 1 aromatic carbocycles. The van der Waals surface area contributed by atoms with E-state index in [2.05, 4.69) is 24.9 Å². The summed E-state index contributed by atoms with van der Waals surface area (Å²) in [7, 11) is 0. The van der Waals surface area contributed by atoms with Crippen LogP contribution in [-0.2, 0) is 11.2 Å². The molecule has 18 heavy (non-hydrogen) atoms. The number of para-hydroxylation sites is 1. The molecule has 0 aliphatic heterocycles. The summed E-state index contributed by atoms with van der Waals surface area (Å²) in [4.78, 5) is 14.5. The topological polar surface area (TPSA) is 58.9 Å². The number of H-pyrrole nitrogens is 1. The predicted molar refractivity (Wildman–Crippen MR) is 74.4 cm³/mol. The van der Waals surface area contributed by atoms with Crippen molar-refractivity contribution in [3.8, 4) is 0 Å². The lowest BCUT2D eigenvalue weighted by Gasteiger charge is -2.24. The van der Waals surface area contributed by atoms with E-state index in [0.29, 0.717) is 18.8 Å². The first-order valence-electron chi connectivity index (χ1n) is 6.34. The van der Waals surface area contributed by atoms with Gasteiger partial charge in [-0.3, -0.25) is 0 Å². The van der Waals surface area contributed by atoms with Gasteiger partial charge in [-0.2, -0.15) is 0 Å². The Morgan fingerprint density at radius 2 is 2.11 bits per heavy atom. The van der Waals surface area contributed by atoms with Crippen LogP contribution in [0.1, 0.15) is 25.8 Å². The number of aromatic nitrogens is 1. The Morgan fingerprint density at radius 3 is 2.78 bits per heavy atom. The van der Waals surface area contributed by atoms with Gasteiger partial charge in [-0.1, -0.05) is 32.0 Å². The second-order valence-corrected chi connectivity index (χ2v) is 5.49. The predicted octanol–water partition coefficient (Wildman–Crippen LogP) is 2.65. The van der Waals surface area contributed by atoms with Crippen molar-refractivity contribution >= 4 is 17.2 Å². The molecule has 2 aromatic rings. The van der Waals surface area contributed by atoms with Gasteiger partial charge in [-0.15, -0.1) is 0 Å². The molecule has 0 unspecified atom stereocenters. The third-order valence-electron chi connectivity index (χ3n) is 3.22. The van der Waals surface area contributed by atoms with Crippen molar-refractivity contribution in [2.45, 2.75) is 32.2 Å². The minimum atomic E-state index is -0.765. The monoisotopic (exact) mass is 244 g/mol. The van der Waals surface area contributed by atoms with Crippen molar-refractivity contribution in [3.63, 3.8) is 0 Å². The van der Waals surface area contributed by atoms with Crippen LogP contribution < -0.4 is 5.73 Å². The first-order chi connectivity index (χ1) is 8.54. The van der Waals surface area contributed by atoms with E-state index in [1.807, 2.05) is 24.4 Å². The molecule has 0 saturated carbocycles. The number of rotatable bonds is 5. The van der Waals surface area contributed by atoms with Gasteiger partial charge in [-0.05, 0) is 30.4 Å². The molecule has 2 rings (SSSR count). The van der Waals surface area contributed by atoms with Gasteiger partial charge in [0.2, 0.25) is 0 Å². The Balaban J connectivity index is 2.29. The number of fused-ring (bicyclic) bond motifs is 1. The van der Waals surface area contributed by atoms with Crippen LogP contribution >= 0.6 is 0 Å². The zero-order valence-corrected chi connectivity index (χ0v) is 10.9. The van der Waals surface area contributed by atoms with Crippen molar-refractivity contribution in [1.82, 2.24) is 4.98 Å². The molecule has 0 amide bonds. The van der Waals surface area contributed by atoms with Gasteiger partial charge in [0.15, 0.2) is 0 Å². The molecule has 0 aliphatic carbocycles. The van der Waals surface area contributed by atoms with Gasteiger partial charge in [0, 0.05) is 17.1 Å². The maximum atomic E-state index is 11.3. The van der Waals surface area contributed by atoms with Crippen LogP contribution in [0.4, 0.5) is 0 Å². The normalized spacial score (nSPS) is 14.9. The largest absolute Gasteiger partial charge is 0.361 e. The lowest BCUT2D eigenvalue weighted by Crippen LogP contribution is -2.45. The molecule has 0 aliphatic rings. The van der Waals surface area contributed by atoms with E-state index in [1.165, 1.54) is 0 Å². The molecule has 0 fully saturated rings. The first-order valence-corrected chi connectivity index (χ1v) is 6.34. The van der Waals surface area contributed by atoms with E-state index >= 15 is 0 Å². The van der Waals surface area contributed by atoms with Crippen molar-refractivity contribution in [2.75, 3.05) is 0 Å². The van der Waals surface area contributed by atoms with Crippen LogP contribution in [0.25, 0.3) is 10.9 Å². The Kier molecular flexibility index (Phi) is 3.53. The smallest absolute Gasteiger partial charge is 0.140 e. The van der Waals surface area contributed by atoms with Gasteiger partial charge in [0.1, 0.15) is 6.29 Å². The number of nitrogens with two attached hydrogens (primary N) is 1. The number of benzene rings is 1. The highest BCUT2D eigenvalue weighted by molar-refractivity contribution is 5.83. The summed E-state index contributed by atoms with van der Waals surface area (Å²) in [5, 5.41) is 1.15. The van der Waals surface area contributed by atoms with Gasteiger partial charge >= 0.3 is 0 Å². The Labute approximate surface area is 107 Å². The molecule has 0 radical (unpaired) electrons. The number of aldehydes is 1. The molecule has 0 bridgehead atoms. The molecular weight excluding hydrogens is 224 g/mol. The summed E-state index contributed by atoms with van der Waals surface area (Å²) in [6.07, 6.45) is 4.14. The van der Waals surface area contributed by atoms with E-state index in [9.17, 15) is 4.79 Å². The fourth-order valence-electron chi connectivity index (χ4n) is 2.55. The summed E-state index contributed by atoms with van der Waals surface area (Å²) < 4.78 is 0. The molecule has 3 nitrogen and oxygen atoms in total. The van der Waals surface area contributed by atoms with Crippen molar-refractivity contribution in [1.29, 1.82) is 0 Å². The maximum Gasteiger partial charge on any atom is 0.140 e. The first kappa shape index (κ1) is 12.8. The van der Waals surface area contributed by atoms with Gasteiger partial charge in [0.25, 0.3) is 0 Å². The Hall–Kier alpha value is -1.61. The van der Waals surface area contributed by atoms with Crippen LogP contribution in [0.5, 0.6) is 0 Å². The van der Waals surface area contributed by atoms with Crippen molar-refractivity contribution in [2.24, 2.45) is 11.7 Å². The van der Waals surface area contributed by atoms with Crippen LogP contribution in [-0.4, -0.2) is 16.8 Å². The van der Waals surface area contributed by atoms with E-state index in [-0.39, 0.29) is 0 Å². The molecule has 0 saturated heterocycles. The van der Waals surface area contributed by atoms with E-state index in [0.717, 1.165) is 22.8 Å². The highest BCUT2D eigenvalue weighted by Gasteiger charge is 2.27. The minimum absolute atomic E-state index is 0.408. The highest BCUT2D eigenvalue weighted by Crippen LogP contribution is 2.24. The standard InChI is InChI=1S/C15H20N2O/c1-11(2)7-15(16,10-18)8-12-9-17-14-6-4-3-5-13(12)14/h3-6,9-11,17H,7-8,16H2,1-2H3/t15-/m0/s1. The van der Waals surface area contributed by atoms with Crippen molar-refractivity contribution in [3.05, 3.63) is 36.0 Å². The average molecular weight is 244 g/mol. The lowest BCUT2D eigenvalue weighted by molar-refractivity contribution is -0.112. The van der Waals surface area contributed by atoms with Crippen molar-refractivity contribution < 1.29 is 4.79 Å². The fourth-order valence-corrected chi connectivity index (χ4v) is 2.55. The summed E-state index contributed by atoms with van der Waals surface area (Å²) >= 11 is 0. The molecule has 3 N–H and O–H groups in total. The summed E-state index contributed by atoms with van der Waals surface area (Å²) in [5.41, 5.74) is 7.63. The number of hydrogen-bond acceptors (Lipinski definition) is 2. The highest BCUT2D eigenvalue weighted by atomic mass is 16.1. The van der Waals surface area contributed by atoms with Gasteiger partial charge in [0.05, 0.1) is 5.54 Å². The van der Waals surface area contributed by atoms with Crippen LogP contribution in [0.15, 0.2) is 30.5 Å². The van der Waals surface area contributed by atoms with E-state index < -0.39 is 5.54 Å². The zero-order valence-electron chi connectivity index (χ0n) is 10.9. The molecule has 0 spiro atoms. The van der Waals surface area contributed by atoms with Gasteiger partial charge < -0.3 is 15.5 Å². The second kappa shape index (κ2) is 4.94. The summed E-state index contributed by atoms with van der Waals surface area (Å²) in [6.45, 7) is 4.17. The summed E-state index contributed by atoms with van der Waals surface area (Å²) in [5.74, 6) is 0.408. The minimum Gasteiger partial charge on any atom is -0.361 e. The number of carbonyl (C=O) groups excluding carboxylic acids is 1. The summed E-state index contributed by atoms with van der Waals surface area (Å²) in [6, 6.07) is 8.08. The maximum absolute atomic E-state index is 11.3. The number of aromatic amines is 1. The van der Waals surface area contributed by atoms with Crippen LogP contribution in [0.2, 0.25) is 0 Å². The molecule has 1 atom stereocenters. The number of nitrogens with one attached hydrogen (secondary N) is 1. The van der Waals surface area contributed by atoms with Crippen LogP contribution in [0, 0.1) is 5.92 Å². The van der Waals surface area contributed by atoms with E-state index in [4.69, 9.17) is 5.73 Å². The number of hydrogen-bond donors (Lipinski definition) is 2.